The highest BCUT2D eigenvalue weighted by Crippen LogP contribution is 2.38. The molecule has 0 spiro atoms. The fourth-order valence-corrected chi connectivity index (χ4v) is 4.55. The van der Waals surface area contributed by atoms with E-state index in [0.717, 1.165) is 0 Å². The third kappa shape index (κ3) is 9.00. The van der Waals surface area contributed by atoms with Gasteiger partial charge < -0.3 is 0 Å². The average Bonchev–Trinajstić information content (AvgIpc) is 2.21. The Balaban J connectivity index is 3.49. The standard InChI is InChI=1S/C13H29P/c1-4-7-10-13-14(11-8-5-2)12-9-6-3/h4-13H2,1-3H3. The van der Waals surface area contributed by atoms with Crippen LogP contribution in [0.5, 0.6) is 0 Å². The molecule has 1 heteroatoms. The van der Waals surface area contributed by atoms with Gasteiger partial charge in [0.25, 0.3) is 0 Å². The van der Waals surface area contributed by atoms with Crippen molar-refractivity contribution in [3.05, 3.63) is 0 Å². The summed E-state index contributed by atoms with van der Waals surface area (Å²) in [5.74, 6) is 0. The first-order valence-electron chi connectivity index (χ1n) is 6.57. The summed E-state index contributed by atoms with van der Waals surface area (Å²) in [6.45, 7) is 6.94. The Morgan fingerprint density at radius 3 is 1.43 bits per heavy atom. The minimum atomic E-state index is 0.416. The maximum absolute atomic E-state index is 2.32. The molecule has 0 bridgehead atoms. The van der Waals surface area contributed by atoms with Crippen molar-refractivity contribution in [1.29, 1.82) is 0 Å². The molecule has 0 aliphatic carbocycles. The molecule has 0 radical (unpaired) electrons. The third-order valence-electron chi connectivity index (χ3n) is 2.73. The van der Waals surface area contributed by atoms with Gasteiger partial charge in [0, 0.05) is 0 Å². The fourth-order valence-electron chi connectivity index (χ4n) is 1.68. The van der Waals surface area contributed by atoms with Crippen LogP contribution in [0.1, 0.15) is 65.7 Å². The lowest BCUT2D eigenvalue weighted by atomic mass is 10.3. The van der Waals surface area contributed by atoms with Crippen LogP contribution in [0.4, 0.5) is 0 Å². The van der Waals surface area contributed by atoms with Crippen molar-refractivity contribution in [2.75, 3.05) is 18.5 Å². The monoisotopic (exact) mass is 216 g/mol. The molecule has 0 N–H and O–H groups in total. The second kappa shape index (κ2) is 11.5. The molecule has 14 heavy (non-hydrogen) atoms. The Hall–Kier alpha value is 0.430. The molecule has 0 unspecified atom stereocenters. The van der Waals surface area contributed by atoms with Crippen molar-refractivity contribution in [3.63, 3.8) is 0 Å². The van der Waals surface area contributed by atoms with Crippen LogP contribution in [0.3, 0.4) is 0 Å². The molecule has 0 heterocycles. The summed E-state index contributed by atoms with van der Waals surface area (Å²) < 4.78 is 0. The summed E-state index contributed by atoms with van der Waals surface area (Å²) in [6.07, 6.45) is 14.7. The van der Waals surface area contributed by atoms with Crippen LogP contribution < -0.4 is 0 Å². The Labute approximate surface area is 92.6 Å². The highest BCUT2D eigenvalue weighted by atomic mass is 31.1. The van der Waals surface area contributed by atoms with E-state index in [-0.39, 0.29) is 0 Å². The molecule has 0 aliphatic rings. The zero-order valence-electron chi connectivity index (χ0n) is 10.5. The molecular weight excluding hydrogens is 187 g/mol. The van der Waals surface area contributed by atoms with Crippen molar-refractivity contribution in [2.45, 2.75) is 65.7 Å². The third-order valence-corrected chi connectivity index (χ3v) is 5.58. The quantitative estimate of drug-likeness (QED) is 0.345. The summed E-state index contributed by atoms with van der Waals surface area (Å²) in [7, 11) is 0.416. The smallest absolute Gasteiger partial charge is 0.0326 e. The molecule has 0 amide bonds. The molecule has 0 aromatic heterocycles. The van der Waals surface area contributed by atoms with E-state index in [1.807, 2.05) is 0 Å². The maximum atomic E-state index is 2.32. The van der Waals surface area contributed by atoms with Crippen molar-refractivity contribution in [1.82, 2.24) is 0 Å². The van der Waals surface area contributed by atoms with Crippen molar-refractivity contribution in [2.24, 2.45) is 0 Å². The minimum absolute atomic E-state index is 0.416. The molecule has 86 valence electrons. The first-order chi connectivity index (χ1) is 6.85. The van der Waals surface area contributed by atoms with Gasteiger partial charge in [-0.05, 0) is 37.7 Å². The molecule has 0 aliphatic heterocycles. The van der Waals surface area contributed by atoms with E-state index in [1.165, 1.54) is 44.9 Å². The molecule has 0 rings (SSSR count). The Bertz CT molecular complexity index is 93.4. The van der Waals surface area contributed by atoms with Gasteiger partial charge in [0.1, 0.15) is 0 Å². The van der Waals surface area contributed by atoms with Crippen molar-refractivity contribution < 1.29 is 0 Å². The van der Waals surface area contributed by atoms with Crippen LogP contribution in [-0.2, 0) is 0 Å². The van der Waals surface area contributed by atoms with E-state index in [0.29, 0.717) is 7.92 Å². The van der Waals surface area contributed by atoms with E-state index in [9.17, 15) is 0 Å². The zero-order valence-corrected chi connectivity index (χ0v) is 11.4. The van der Waals surface area contributed by atoms with Gasteiger partial charge in [0.15, 0.2) is 0 Å². The average molecular weight is 216 g/mol. The Morgan fingerprint density at radius 1 is 0.571 bits per heavy atom. The molecule has 0 saturated carbocycles. The van der Waals surface area contributed by atoms with Gasteiger partial charge in [-0.1, -0.05) is 46.5 Å². The highest BCUT2D eigenvalue weighted by Gasteiger charge is 2.05. The molecule has 0 atom stereocenters. The van der Waals surface area contributed by atoms with E-state index < -0.39 is 0 Å². The summed E-state index contributed by atoms with van der Waals surface area (Å²) in [4.78, 5) is 0. The number of hydrogen-bond acceptors (Lipinski definition) is 0. The summed E-state index contributed by atoms with van der Waals surface area (Å²) in [5, 5.41) is 0. The van der Waals surface area contributed by atoms with Crippen LogP contribution >= 0.6 is 7.92 Å². The minimum Gasteiger partial charge on any atom is -0.107 e. The second-order valence-corrected chi connectivity index (χ2v) is 6.94. The van der Waals surface area contributed by atoms with Gasteiger partial charge in [-0.25, -0.2) is 0 Å². The largest absolute Gasteiger partial charge is 0.107 e. The van der Waals surface area contributed by atoms with Gasteiger partial charge in [0.05, 0.1) is 0 Å². The maximum Gasteiger partial charge on any atom is -0.0326 e. The summed E-state index contributed by atoms with van der Waals surface area (Å²) >= 11 is 0. The Morgan fingerprint density at radius 2 is 1.00 bits per heavy atom. The van der Waals surface area contributed by atoms with Crippen LogP contribution in [0.15, 0.2) is 0 Å². The van der Waals surface area contributed by atoms with Crippen molar-refractivity contribution >= 4 is 7.92 Å². The fraction of sp³-hybridized carbons (Fsp3) is 1.00. The molecule has 0 fully saturated rings. The van der Waals surface area contributed by atoms with Gasteiger partial charge >= 0.3 is 0 Å². The van der Waals surface area contributed by atoms with E-state index in [1.54, 1.807) is 18.5 Å². The Kier molecular flexibility index (Phi) is 11.9. The summed E-state index contributed by atoms with van der Waals surface area (Å²) in [5.41, 5.74) is 0. The van der Waals surface area contributed by atoms with Crippen LogP contribution in [-0.4, -0.2) is 18.5 Å². The second-order valence-electron chi connectivity index (χ2n) is 4.26. The molecular formula is C13H29P. The van der Waals surface area contributed by atoms with Crippen LogP contribution in [0.25, 0.3) is 0 Å². The first-order valence-corrected chi connectivity index (χ1v) is 8.47. The lowest BCUT2D eigenvalue weighted by Crippen LogP contribution is -1.95. The molecule has 0 aromatic rings. The van der Waals surface area contributed by atoms with E-state index in [4.69, 9.17) is 0 Å². The highest BCUT2D eigenvalue weighted by molar-refractivity contribution is 7.57. The van der Waals surface area contributed by atoms with Gasteiger partial charge in [-0.3, -0.25) is 0 Å². The van der Waals surface area contributed by atoms with Crippen LogP contribution in [0.2, 0.25) is 0 Å². The normalized spacial score (nSPS) is 11.1. The molecule has 0 nitrogen and oxygen atoms in total. The number of hydrogen-bond donors (Lipinski definition) is 0. The first kappa shape index (κ1) is 14.4. The van der Waals surface area contributed by atoms with Crippen LogP contribution in [0, 0.1) is 0 Å². The van der Waals surface area contributed by atoms with Gasteiger partial charge in [0.2, 0.25) is 0 Å². The van der Waals surface area contributed by atoms with E-state index >= 15 is 0 Å². The zero-order chi connectivity index (χ0) is 10.6. The lowest BCUT2D eigenvalue weighted by Gasteiger charge is -2.16. The number of unbranched alkanes of at least 4 members (excludes halogenated alkanes) is 4. The molecule has 0 saturated heterocycles. The predicted molar refractivity (Wildman–Crippen MR) is 70.9 cm³/mol. The number of rotatable bonds is 10. The summed E-state index contributed by atoms with van der Waals surface area (Å²) in [6, 6.07) is 0. The van der Waals surface area contributed by atoms with Gasteiger partial charge in [-0.15, -0.1) is 7.92 Å². The lowest BCUT2D eigenvalue weighted by molar-refractivity contribution is 0.770. The van der Waals surface area contributed by atoms with E-state index in [2.05, 4.69) is 20.8 Å². The predicted octanol–water partition coefficient (Wildman–Crippen LogP) is 5.26. The van der Waals surface area contributed by atoms with Crippen molar-refractivity contribution in [3.8, 4) is 0 Å². The molecule has 0 aromatic carbocycles. The topological polar surface area (TPSA) is 0 Å². The SMILES string of the molecule is CCCCCP(CCCC)CCCC. The van der Waals surface area contributed by atoms with Gasteiger partial charge in [-0.2, -0.15) is 0 Å².